The average molecular weight is 422 g/mol. The Balaban J connectivity index is 1.81. The van der Waals surface area contributed by atoms with Gasteiger partial charge in [-0.1, -0.05) is 34.1 Å². The lowest BCUT2D eigenvalue weighted by Gasteiger charge is -2.11. The molecule has 6 heteroatoms. The average Bonchev–Trinajstić information content (AvgIpc) is 2.70. The molecule has 0 saturated carbocycles. The predicted molar refractivity (Wildman–Crippen MR) is 107 cm³/mol. The van der Waals surface area contributed by atoms with Crippen molar-refractivity contribution in [2.45, 2.75) is 0 Å². The van der Waals surface area contributed by atoms with Gasteiger partial charge in [0.2, 0.25) is 0 Å². The van der Waals surface area contributed by atoms with Crippen molar-refractivity contribution in [2.24, 2.45) is 0 Å². The highest BCUT2D eigenvalue weighted by Gasteiger charge is 2.15. The summed E-state index contributed by atoms with van der Waals surface area (Å²) in [4.78, 5) is 21.6. The van der Waals surface area contributed by atoms with Crippen LogP contribution in [0.5, 0.6) is 0 Å². The van der Waals surface area contributed by atoms with Gasteiger partial charge in [-0.05, 0) is 42.5 Å². The molecular formula is C21H13BrFN3O. The minimum Gasteiger partial charge on any atom is -0.319 e. The van der Waals surface area contributed by atoms with Gasteiger partial charge >= 0.3 is 0 Å². The largest absolute Gasteiger partial charge is 0.319 e. The van der Waals surface area contributed by atoms with Crippen LogP contribution in [0.1, 0.15) is 10.4 Å². The van der Waals surface area contributed by atoms with Gasteiger partial charge in [0.1, 0.15) is 5.82 Å². The fourth-order valence-corrected chi connectivity index (χ4v) is 3.14. The summed E-state index contributed by atoms with van der Waals surface area (Å²) in [6.45, 7) is 0. The molecule has 2 heterocycles. The third-order valence-corrected chi connectivity index (χ3v) is 4.59. The van der Waals surface area contributed by atoms with Gasteiger partial charge in [0.25, 0.3) is 5.91 Å². The summed E-state index contributed by atoms with van der Waals surface area (Å²) in [6.07, 6.45) is 3.36. The van der Waals surface area contributed by atoms with E-state index in [-0.39, 0.29) is 5.69 Å². The van der Waals surface area contributed by atoms with Crippen molar-refractivity contribution in [1.29, 1.82) is 0 Å². The highest BCUT2D eigenvalue weighted by Crippen LogP contribution is 2.26. The lowest BCUT2D eigenvalue weighted by atomic mass is 10.0. The first kappa shape index (κ1) is 17.3. The zero-order chi connectivity index (χ0) is 18.8. The van der Waals surface area contributed by atoms with Crippen LogP contribution in [0.15, 0.2) is 77.5 Å². The van der Waals surface area contributed by atoms with E-state index in [4.69, 9.17) is 0 Å². The van der Waals surface area contributed by atoms with Crippen LogP contribution in [0, 0.1) is 5.82 Å². The van der Waals surface area contributed by atoms with Crippen molar-refractivity contribution in [3.8, 4) is 11.3 Å². The van der Waals surface area contributed by atoms with Crippen molar-refractivity contribution >= 4 is 38.4 Å². The molecule has 1 amide bonds. The molecule has 0 aliphatic rings. The van der Waals surface area contributed by atoms with Gasteiger partial charge in [-0.2, -0.15) is 0 Å². The molecule has 0 spiro atoms. The van der Waals surface area contributed by atoms with Crippen LogP contribution in [-0.4, -0.2) is 15.9 Å². The zero-order valence-corrected chi connectivity index (χ0v) is 15.6. The number of nitrogens with zero attached hydrogens (tertiary/aromatic N) is 2. The summed E-state index contributed by atoms with van der Waals surface area (Å²) in [7, 11) is 0. The number of pyridine rings is 2. The zero-order valence-electron chi connectivity index (χ0n) is 14.0. The summed E-state index contributed by atoms with van der Waals surface area (Å²) in [5, 5.41) is 3.34. The van der Waals surface area contributed by atoms with E-state index in [1.807, 2.05) is 36.4 Å². The first-order chi connectivity index (χ1) is 13.1. The topological polar surface area (TPSA) is 54.9 Å². The minimum atomic E-state index is -0.511. The molecule has 4 aromatic rings. The molecule has 0 aliphatic carbocycles. The van der Waals surface area contributed by atoms with Crippen molar-refractivity contribution < 1.29 is 9.18 Å². The van der Waals surface area contributed by atoms with Gasteiger partial charge in [-0.3, -0.25) is 9.78 Å². The van der Waals surface area contributed by atoms with Crippen LogP contribution >= 0.6 is 15.9 Å². The number of rotatable bonds is 3. The van der Waals surface area contributed by atoms with E-state index in [9.17, 15) is 9.18 Å². The van der Waals surface area contributed by atoms with E-state index in [1.54, 1.807) is 24.5 Å². The number of para-hydroxylation sites is 1. The molecule has 2 aromatic heterocycles. The van der Waals surface area contributed by atoms with Crippen LogP contribution in [0.3, 0.4) is 0 Å². The number of benzene rings is 2. The monoisotopic (exact) mass is 421 g/mol. The van der Waals surface area contributed by atoms with E-state index in [2.05, 4.69) is 31.2 Å². The molecule has 132 valence electrons. The van der Waals surface area contributed by atoms with Crippen molar-refractivity contribution in [3.63, 3.8) is 0 Å². The minimum absolute atomic E-state index is 0.118. The first-order valence-electron chi connectivity index (χ1n) is 8.18. The number of hydrogen-bond acceptors (Lipinski definition) is 3. The summed E-state index contributed by atoms with van der Waals surface area (Å²) >= 11 is 3.21. The first-order valence-corrected chi connectivity index (χ1v) is 8.98. The van der Waals surface area contributed by atoms with Gasteiger partial charge in [-0.15, -0.1) is 0 Å². The molecule has 2 aromatic carbocycles. The van der Waals surface area contributed by atoms with Crippen molar-refractivity contribution in [1.82, 2.24) is 9.97 Å². The number of anilines is 1. The molecule has 0 fully saturated rings. The van der Waals surface area contributed by atoms with E-state index in [0.29, 0.717) is 26.6 Å². The normalized spacial score (nSPS) is 10.7. The maximum absolute atomic E-state index is 14.1. The van der Waals surface area contributed by atoms with Gasteiger partial charge in [-0.25, -0.2) is 9.37 Å². The number of fused-ring (bicyclic) bond motifs is 1. The number of hydrogen-bond donors (Lipinski definition) is 1. The van der Waals surface area contributed by atoms with Gasteiger partial charge in [0.15, 0.2) is 0 Å². The number of carbonyl (C=O) groups excluding carboxylic acids is 1. The Kier molecular flexibility index (Phi) is 4.64. The summed E-state index contributed by atoms with van der Waals surface area (Å²) in [5.74, 6) is -0.913. The number of carbonyl (C=O) groups is 1. The summed E-state index contributed by atoms with van der Waals surface area (Å²) in [6, 6.07) is 17.2. The number of aromatic nitrogens is 2. The fourth-order valence-electron chi connectivity index (χ4n) is 2.81. The lowest BCUT2D eigenvalue weighted by Crippen LogP contribution is -2.14. The Morgan fingerprint density at radius 3 is 2.67 bits per heavy atom. The van der Waals surface area contributed by atoms with E-state index >= 15 is 0 Å². The molecule has 0 atom stereocenters. The molecular weight excluding hydrogens is 409 g/mol. The maximum Gasteiger partial charge on any atom is 0.256 e. The second-order valence-corrected chi connectivity index (χ2v) is 6.81. The van der Waals surface area contributed by atoms with E-state index in [1.165, 1.54) is 12.1 Å². The van der Waals surface area contributed by atoms with Crippen molar-refractivity contribution in [2.75, 3.05) is 5.32 Å². The Bertz CT molecular complexity index is 1150. The smallest absolute Gasteiger partial charge is 0.256 e. The van der Waals surface area contributed by atoms with Gasteiger partial charge < -0.3 is 5.32 Å². The lowest BCUT2D eigenvalue weighted by molar-refractivity contribution is 0.102. The molecule has 0 unspecified atom stereocenters. The molecule has 0 aliphatic heterocycles. The fraction of sp³-hybridized carbons (Fsp3) is 0. The third kappa shape index (κ3) is 3.57. The van der Waals surface area contributed by atoms with E-state index in [0.717, 1.165) is 5.56 Å². The highest BCUT2D eigenvalue weighted by atomic mass is 79.9. The molecule has 27 heavy (non-hydrogen) atoms. The van der Waals surface area contributed by atoms with Crippen LogP contribution < -0.4 is 5.32 Å². The van der Waals surface area contributed by atoms with Crippen LogP contribution in [0.2, 0.25) is 0 Å². The molecule has 0 saturated heterocycles. The van der Waals surface area contributed by atoms with Gasteiger partial charge in [0, 0.05) is 27.8 Å². The van der Waals surface area contributed by atoms with Crippen LogP contribution in [-0.2, 0) is 0 Å². The predicted octanol–water partition coefficient (Wildman–Crippen LogP) is 5.45. The van der Waals surface area contributed by atoms with Crippen LogP contribution in [0.25, 0.3) is 22.2 Å². The number of halogens is 2. The highest BCUT2D eigenvalue weighted by molar-refractivity contribution is 9.10. The number of nitrogens with one attached hydrogen (secondary N) is 1. The second-order valence-electron chi connectivity index (χ2n) is 5.89. The molecule has 4 rings (SSSR count). The SMILES string of the molecule is O=C(Nc1ccc(Br)cc1F)c1cc(-c2cccnc2)nc2ccccc12. The Morgan fingerprint density at radius 2 is 1.89 bits per heavy atom. The van der Waals surface area contributed by atoms with Crippen LogP contribution in [0.4, 0.5) is 10.1 Å². The molecule has 0 bridgehead atoms. The Labute approximate surface area is 163 Å². The Morgan fingerprint density at radius 1 is 1.04 bits per heavy atom. The van der Waals surface area contributed by atoms with Gasteiger partial charge in [0.05, 0.1) is 22.5 Å². The summed E-state index contributed by atoms with van der Waals surface area (Å²) < 4.78 is 14.7. The molecule has 0 radical (unpaired) electrons. The number of amides is 1. The van der Waals surface area contributed by atoms with E-state index < -0.39 is 11.7 Å². The third-order valence-electron chi connectivity index (χ3n) is 4.10. The quantitative estimate of drug-likeness (QED) is 0.478. The maximum atomic E-state index is 14.1. The molecule has 4 nitrogen and oxygen atoms in total. The standard InChI is InChI=1S/C21H13BrFN3O/c22-14-7-8-19(17(23)10-14)26-21(27)16-11-20(13-4-3-9-24-12-13)25-18-6-2-1-5-15(16)18/h1-12H,(H,26,27). The second kappa shape index (κ2) is 7.25. The summed E-state index contributed by atoms with van der Waals surface area (Å²) in [5.41, 5.74) is 2.64. The Hall–Kier alpha value is -3.12. The van der Waals surface area contributed by atoms with Crippen molar-refractivity contribution in [3.05, 3.63) is 88.9 Å². The molecule has 1 N–H and O–H groups in total.